The van der Waals surface area contributed by atoms with E-state index in [9.17, 15) is 8.42 Å². The second kappa shape index (κ2) is 4.38. The third kappa shape index (κ3) is 1.96. The second-order valence-electron chi connectivity index (χ2n) is 3.90. The fraction of sp³-hybridized carbons (Fsp3) is 0. The van der Waals surface area contributed by atoms with Gasteiger partial charge in [-0.3, -0.25) is 0 Å². The van der Waals surface area contributed by atoms with Crippen molar-refractivity contribution in [1.82, 2.24) is 14.8 Å². The molecule has 3 aromatic rings. The highest BCUT2D eigenvalue weighted by atomic mass is 32.2. The first-order valence-electron chi connectivity index (χ1n) is 5.37. The molecule has 100 valence electrons. The van der Waals surface area contributed by atoms with Crippen LogP contribution in [0.3, 0.4) is 0 Å². The third-order valence-corrected chi connectivity index (χ3v) is 4.52. The lowest BCUT2D eigenvalue weighted by Gasteiger charge is -2.01. The molecule has 9 heteroatoms. The molecule has 0 bridgehead atoms. The highest BCUT2D eigenvalue weighted by molar-refractivity contribution is 7.89. The van der Waals surface area contributed by atoms with Crippen LogP contribution < -0.4 is 5.14 Å². The van der Waals surface area contributed by atoms with Crippen molar-refractivity contribution in [1.29, 1.82) is 5.26 Å². The van der Waals surface area contributed by atoms with Gasteiger partial charge in [-0.05, 0) is 12.1 Å². The van der Waals surface area contributed by atoms with Crippen molar-refractivity contribution in [3.8, 4) is 11.2 Å². The average molecular weight is 305 g/mol. The number of aromatic nitrogens is 3. The first kappa shape index (κ1) is 12.7. The summed E-state index contributed by atoms with van der Waals surface area (Å²) >= 11 is 1.26. The molecule has 0 spiro atoms. The van der Waals surface area contributed by atoms with Gasteiger partial charge in [0.15, 0.2) is 5.03 Å². The Balaban J connectivity index is 2.30. The van der Waals surface area contributed by atoms with E-state index in [-0.39, 0.29) is 10.6 Å². The smallest absolute Gasteiger partial charge is 0.223 e. The van der Waals surface area contributed by atoms with E-state index in [4.69, 9.17) is 10.4 Å². The number of primary sulfonamides is 1. The highest BCUT2D eigenvalue weighted by Crippen LogP contribution is 2.27. The van der Waals surface area contributed by atoms with Gasteiger partial charge >= 0.3 is 0 Å². The maximum atomic E-state index is 11.6. The van der Waals surface area contributed by atoms with Crippen LogP contribution in [-0.2, 0) is 10.0 Å². The van der Waals surface area contributed by atoms with Gasteiger partial charge in [-0.25, -0.2) is 18.5 Å². The molecule has 0 aliphatic heterocycles. The SMILES string of the molecule is N#Cc1cnn(-c2nc3ccccc3s2)c1S(N)(=O)=O. The third-order valence-electron chi connectivity index (χ3n) is 2.58. The molecule has 0 saturated carbocycles. The van der Waals surface area contributed by atoms with Gasteiger partial charge in [0, 0.05) is 0 Å². The lowest BCUT2D eigenvalue weighted by molar-refractivity contribution is 0.587. The molecule has 7 nitrogen and oxygen atoms in total. The van der Waals surface area contributed by atoms with Gasteiger partial charge in [0.25, 0.3) is 10.0 Å². The summed E-state index contributed by atoms with van der Waals surface area (Å²) < 4.78 is 25.2. The summed E-state index contributed by atoms with van der Waals surface area (Å²) in [5, 5.41) is 18.0. The van der Waals surface area contributed by atoms with Crippen molar-refractivity contribution < 1.29 is 8.42 Å². The normalized spacial score (nSPS) is 11.6. The number of nitrogens with two attached hydrogens (primary N) is 1. The summed E-state index contributed by atoms with van der Waals surface area (Å²) in [5.41, 5.74) is 0.619. The van der Waals surface area contributed by atoms with Crippen LogP contribution >= 0.6 is 11.3 Å². The summed E-state index contributed by atoms with van der Waals surface area (Å²) in [5.74, 6) is 0. The van der Waals surface area contributed by atoms with Crippen molar-refractivity contribution in [3.63, 3.8) is 0 Å². The zero-order chi connectivity index (χ0) is 14.3. The molecule has 0 aliphatic rings. The van der Waals surface area contributed by atoms with Crippen LogP contribution in [0.2, 0.25) is 0 Å². The number of hydrogen-bond donors (Lipinski definition) is 1. The van der Waals surface area contributed by atoms with E-state index in [2.05, 4.69) is 10.1 Å². The fourth-order valence-corrected chi connectivity index (χ4v) is 3.54. The molecule has 2 heterocycles. The van der Waals surface area contributed by atoms with Crippen LogP contribution in [0.15, 0.2) is 35.5 Å². The largest absolute Gasteiger partial charge is 0.257 e. The number of para-hydroxylation sites is 1. The second-order valence-corrected chi connectivity index (χ2v) is 6.38. The Kier molecular flexibility index (Phi) is 2.79. The lowest BCUT2D eigenvalue weighted by Crippen LogP contribution is -2.18. The van der Waals surface area contributed by atoms with Gasteiger partial charge in [0.1, 0.15) is 11.6 Å². The topological polar surface area (TPSA) is 115 Å². The number of sulfonamides is 1. The zero-order valence-electron chi connectivity index (χ0n) is 9.89. The quantitative estimate of drug-likeness (QED) is 0.758. The number of hydrogen-bond acceptors (Lipinski definition) is 6. The zero-order valence-corrected chi connectivity index (χ0v) is 11.5. The first-order valence-corrected chi connectivity index (χ1v) is 7.74. The fourth-order valence-electron chi connectivity index (χ4n) is 1.77. The van der Waals surface area contributed by atoms with Gasteiger partial charge < -0.3 is 0 Å². The Morgan fingerprint density at radius 3 is 2.75 bits per heavy atom. The van der Waals surface area contributed by atoms with Crippen molar-refractivity contribution in [2.75, 3.05) is 0 Å². The molecule has 3 rings (SSSR count). The van der Waals surface area contributed by atoms with Crippen LogP contribution in [-0.4, -0.2) is 23.2 Å². The predicted molar refractivity (Wildman–Crippen MR) is 72.8 cm³/mol. The Bertz CT molecular complexity index is 916. The summed E-state index contributed by atoms with van der Waals surface area (Å²) in [6.07, 6.45) is 1.16. The highest BCUT2D eigenvalue weighted by Gasteiger charge is 2.24. The molecule has 0 fully saturated rings. The number of fused-ring (bicyclic) bond motifs is 1. The van der Waals surface area contributed by atoms with Crippen LogP contribution in [0.1, 0.15) is 5.56 Å². The molecule has 0 saturated heterocycles. The number of thiazole rings is 1. The summed E-state index contributed by atoms with van der Waals surface area (Å²) in [6.45, 7) is 0. The van der Waals surface area contributed by atoms with Gasteiger partial charge in [0.05, 0.1) is 16.4 Å². The van der Waals surface area contributed by atoms with Crippen molar-refractivity contribution >= 4 is 31.6 Å². The summed E-state index contributed by atoms with van der Waals surface area (Å²) in [7, 11) is -4.07. The Labute approximate surface area is 117 Å². The molecule has 0 unspecified atom stereocenters. The number of nitriles is 1. The van der Waals surface area contributed by atoms with Crippen molar-refractivity contribution in [2.24, 2.45) is 5.14 Å². The predicted octanol–water partition coefficient (Wildman–Crippen LogP) is 1.00. The first-order chi connectivity index (χ1) is 9.50. The summed E-state index contributed by atoms with van der Waals surface area (Å²) in [6, 6.07) is 9.11. The Hall–Kier alpha value is -2.28. The minimum atomic E-state index is -4.07. The van der Waals surface area contributed by atoms with E-state index in [0.29, 0.717) is 5.13 Å². The number of benzene rings is 1. The molecule has 2 N–H and O–H groups in total. The maximum Gasteiger partial charge on any atom is 0.257 e. The van der Waals surface area contributed by atoms with Crippen molar-refractivity contribution in [2.45, 2.75) is 5.03 Å². The molecular weight excluding hydrogens is 298 g/mol. The molecule has 0 amide bonds. The van der Waals surface area contributed by atoms with Crippen LogP contribution in [0.4, 0.5) is 0 Å². The van der Waals surface area contributed by atoms with Gasteiger partial charge in [0.2, 0.25) is 5.13 Å². The van der Waals surface area contributed by atoms with E-state index in [0.717, 1.165) is 21.1 Å². The van der Waals surface area contributed by atoms with Gasteiger partial charge in [-0.2, -0.15) is 15.0 Å². The minimum absolute atomic E-state index is 0.105. The minimum Gasteiger partial charge on any atom is -0.223 e. The van der Waals surface area contributed by atoms with E-state index in [1.165, 1.54) is 11.3 Å². The van der Waals surface area contributed by atoms with E-state index < -0.39 is 10.0 Å². The Morgan fingerprint density at radius 1 is 1.35 bits per heavy atom. The standard InChI is InChI=1S/C11H7N5O2S2/c12-5-7-6-14-16(10(7)20(13,17)18)11-15-8-3-1-2-4-9(8)19-11/h1-4,6H,(H2,13,17,18). The van der Waals surface area contributed by atoms with Crippen LogP contribution in [0.25, 0.3) is 15.3 Å². The molecule has 0 atom stereocenters. The van der Waals surface area contributed by atoms with E-state index in [1.807, 2.05) is 18.2 Å². The molecule has 1 aromatic carbocycles. The van der Waals surface area contributed by atoms with Gasteiger partial charge in [-0.15, -0.1) is 0 Å². The average Bonchev–Trinajstić information content (AvgIpc) is 3.01. The molecule has 0 radical (unpaired) electrons. The van der Waals surface area contributed by atoms with E-state index >= 15 is 0 Å². The Morgan fingerprint density at radius 2 is 2.10 bits per heavy atom. The molecule has 0 aliphatic carbocycles. The lowest BCUT2D eigenvalue weighted by atomic mass is 10.3. The van der Waals surface area contributed by atoms with Crippen molar-refractivity contribution in [3.05, 3.63) is 36.0 Å². The van der Waals surface area contributed by atoms with Crippen LogP contribution in [0, 0.1) is 11.3 Å². The molecule has 20 heavy (non-hydrogen) atoms. The maximum absolute atomic E-state index is 11.6. The number of nitrogens with zero attached hydrogens (tertiary/aromatic N) is 4. The summed E-state index contributed by atoms with van der Waals surface area (Å²) in [4.78, 5) is 4.29. The molecule has 2 aromatic heterocycles. The van der Waals surface area contributed by atoms with E-state index in [1.54, 1.807) is 12.1 Å². The number of rotatable bonds is 2. The van der Waals surface area contributed by atoms with Crippen LogP contribution in [0.5, 0.6) is 0 Å². The molecular formula is C11H7N5O2S2. The van der Waals surface area contributed by atoms with Gasteiger partial charge in [-0.1, -0.05) is 23.5 Å². The monoisotopic (exact) mass is 305 g/mol.